The van der Waals surface area contributed by atoms with Gasteiger partial charge in [0.25, 0.3) is 0 Å². The van der Waals surface area contributed by atoms with Gasteiger partial charge in [-0.1, -0.05) is 25.5 Å². The molecule has 23 heavy (non-hydrogen) atoms. The summed E-state index contributed by atoms with van der Waals surface area (Å²) in [5.41, 5.74) is 0.638. The van der Waals surface area contributed by atoms with Gasteiger partial charge in [-0.15, -0.1) is 0 Å². The molecule has 0 unspecified atom stereocenters. The van der Waals surface area contributed by atoms with Crippen LogP contribution in [0.25, 0.3) is 0 Å². The largest absolute Gasteiger partial charge is 0.537 e. The summed E-state index contributed by atoms with van der Waals surface area (Å²) in [5, 5.41) is 6.08. The van der Waals surface area contributed by atoms with Crippen LogP contribution in [0, 0.1) is 0 Å². The Kier molecular flexibility index (Phi) is 7.85. The maximum absolute atomic E-state index is 12.0. The Morgan fingerprint density at radius 1 is 1.00 bits per heavy atom. The van der Waals surface area contributed by atoms with Gasteiger partial charge in [0.15, 0.2) is 0 Å². The van der Waals surface area contributed by atoms with E-state index in [2.05, 4.69) is 0 Å². The van der Waals surface area contributed by atoms with Crippen molar-refractivity contribution in [3.8, 4) is 0 Å². The minimum Gasteiger partial charge on any atom is -0.370 e. The van der Waals surface area contributed by atoms with E-state index in [0.717, 1.165) is 6.42 Å². The van der Waals surface area contributed by atoms with E-state index in [9.17, 15) is 8.42 Å². The van der Waals surface area contributed by atoms with E-state index in [4.69, 9.17) is 18.4 Å². The molecule has 0 spiro atoms. The second kappa shape index (κ2) is 8.91. The predicted molar refractivity (Wildman–Crippen MR) is 92.1 cm³/mol. The SMILES string of the molecule is CCCc1c([Si](OCC)(OCC)OCC)cccc1S(N)(=O)=O. The average molecular weight is 362 g/mol. The molecule has 0 radical (unpaired) electrons. The van der Waals surface area contributed by atoms with Gasteiger partial charge in [0, 0.05) is 25.0 Å². The first-order valence-electron chi connectivity index (χ1n) is 7.93. The van der Waals surface area contributed by atoms with Gasteiger partial charge >= 0.3 is 8.80 Å². The van der Waals surface area contributed by atoms with Crippen LogP contribution in [0.2, 0.25) is 0 Å². The van der Waals surface area contributed by atoms with Gasteiger partial charge in [-0.3, -0.25) is 0 Å². The van der Waals surface area contributed by atoms with Gasteiger partial charge in [-0.05, 0) is 38.8 Å². The van der Waals surface area contributed by atoms with Crippen LogP contribution >= 0.6 is 0 Å². The lowest BCUT2D eigenvalue weighted by molar-refractivity contribution is 0.0857. The molecule has 0 saturated heterocycles. The number of sulfonamides is 1. The molecule has 1 aromatic carbocycles. The number of nitrogens with two attached hydrogens (primary N) is 1. The van der Waals surface area contributed by atoms with E-state index < -0.39 is 18.8 Å². The summed E-state index contributed by atoms with van der Waals surface area (Å²) in [5.74, 6) is 0. The van der Waals surface area contributed by atoms with Crippen molar-refractivity contribution in [2.45, 2.75) is 45.4 Å². The highest BCUT2D eigenvalue weighted by molar-refractivity contribution is 7.89. The van der Waals surface area contributed by atoms with Crippen LogP contribution < -0.4 is 10.3 Å². The number of hydrogen-bond acceptors (Lipinski definition) is 5. The summed E-state index contributed by atoms with van der Waals surface area (Å²) in [4.78, 5) is 0.118. The van der Waals surface area contributed by atoms with Crippen LogP contribution in [0.4, 0.5) is 0 Å². The smallest absolute Gasteiger partial charge is 0.370 e. The maximum atomic E-state index is 12.0. The summed E-state index contributed by atoms with van der Waals surface area (Å²) in [7, 11) is -7.01. The molecule has 1 rings (SSSR count). The lowest BCUT2D eigenvalue weighted by Crippen LogP contribution is -2.58. The van der Waals surface area contributed by atoms with E-state index >= 15 is 0 Å². The van der Waals surface area contributed by atoms with Crippen molar-refractivity contribution >= 4 is 24.0 Å². The third-order valence-electron chi connectivity index (χ3n) is 3.27. The van der Waals surface area contributed by atoms with Crippen molar-refractivity contribution in [2.75, 3.05) is 19.8 Å². The zero-order valence-electron chi connectivity index (χ0n) is 14.3. The highest BCUT2D eigenvalue weighted by Gasteiger charge is 2.45. The third-order valence-corrected chi connectivity index (χ3v) is 7.40. The Hall–Kier alpha value is -0.773. The summed E-state index contributed by atoms with van der Waals surface area (Å²) in [6, 6.07) is 5.01. The van der Waals surface area contributed by atoms with E-state index in [1.807, 2.05) is 33.8 Å². The van der Waals surface area contributed by atoms with Crippen LogP contribution in [0.3, 0.4) is 0 Å². The number of benzene rings is 1. The molecule has 0 aliphatic heterocycles. The molecule has 0 heterocycles. The molecule has 132 valence electrons. The fraction of sp³-hybridized carbons (Fsp3) is 0.600. The summed E-state index contributed by atoms with van der Waals surface area (Å²) in [6.07, 6.45) is 1.33. The van der Waals surface area contributed by atoms with Crippen molar-refractivity contribution in [1.82, 2.24) is 0 Å². The normalized spacial score (nSPS) is 12.6. The molecule has 0 aromatic heterocycles. The Morgan fingerprint density at radius 3 is 1.91 bits per heavy atom. The van der Waals surface area contributed by atoms with Gasteiger partial charge < -0.3 is 13.3 Å². The van der Waals surface area contributed by atoms with Gasteiger partial charge in [-0.2, -0.15) is 0 Å². The Bertz CT molecular complexity index is 589. The first-order valence-corrected chi connectivity index (χ1v) is 11.2. The van der Waals surface area contributed by atoms with Crippen molar-refractivity contribution in [3.63, 3.8) is 0 Å². The summed E-state index contributed by atoms with van der Waals surface area (Å²) in [6.45, 7) is 8.82. The van der Waals surface area contributed by atoms with E-state index in [-0.39, 0.29) is 4.90 Å². The van der Waals surface area contributed by atoms with E-state index in [1.54, 1.807) is 6.07 Å². The van der Waals surface area contributed by atoms with Crippen molar-refractivity contribution in [1.29, 1.82) is 0 Å². The van der Waals surface area contributed by atoms with Gasteiger partial charge in [0.2, 0.25) is 10.0 Å². The van der Waals surface area contributed by atoms with Crippen molar-refractivity contribution in [2.24, 2.45) is 5.14 Å². The first-order chi connectivity index (χ1) is 10.9. The first kappa shape index (κ1) is 20.3. The van der Waals surface area contributed by atoms with Crippen LogP contribution in [-0.2, 0) is 29.7 Å². The molecule has 0 bridgehead atoms. The Morgan fingerprint density at radius 2 is 1.52 bits per heavy atom. The second-order valence-electron chi connectivity index (χ2n) is 4.93. The standard InChI is InChI=1S/C15H27NO5SSi/c1-5-10-13-14(22(16,17)18)11-9-12-15(13)23(19-6-2,20-7-3)21-8-4/h9,11-12H,5-8,10H2,1-4H3,(H2,16,17,18). The topological polar surface area (TPSA) is 87.8 Å². The highest BCUT2D eigenvalue weighted by Crippen LogP contribution is 2.20. The molecule has 1 aromatic rings. The molecule has 0 amide bonds. The van der Waals surface area contributed by atoms with Crippen LogP contribution in [-0.4, -0.2) is 37.0 Å². The fourth-order valence-electron chi connectivity index (χ4n) is 2.56. The zero-order valence-corrected chi connectivity index (χ0v) is 16.1. The molecule has 6 nitrogen and oxygen atoms in total. The molecule has 0 aliphatic carbocycles. The quantitative estimate of drug-likeness (QED) is 0.639. The maximum Gasteiger partial charge on any atom is 0.537 e. The third kappa shape index (κ3) is 4.85. The minimum atomic E-state index is -3.83. The zero-order chi connectivity index (χ0) is 17.5. The fourth-order valence-corrected chi connectivity index (χ4v) is 6.26. The molecular weight excluding hydrogens is 334 g/mol. The molecule has 0 aliphatic rings. The molecule has 0 fully saturated rings. The molecule has 2 N–H and O–H groups in total. The summed E-state index contributed by atoms with van der Waals surface area (Å²) < 4.78 is 41.6. The number of rotatable bonds is 10. The summed E-state index contributed by atoms with van der Waals surface area (Å²) >= 11 is 0. The van der Waals surface area contributed by atoms with Gasteiger partial charge in [-0.25, -0.2) is 13.6 Å². The van der Waals surface area contributed by atoms with Crippen LogP contribution in [0.1, 0.15) is 39.7 Å². The van der Waals surface area contributed by atoms with E-state index in [1.165, 1.54) is 6.07 Å². The average Bonchev–Trinajstić information content (AvgIpc) is 2.47. The Labute approximate surface area is 140 Å². The monoisotopic (exact) mass is 361 g/mol. The number of primary sulfonamides is 1. The van der Waals surface area contributed by atoms with Crippen molar-refractivity contribution in [3.05, 3.63) is 23.8 Å². The van der Waals surface area contributed by atoms with Gasteiger partial charge in [0.1, 0.15) is 0 Å². The Balaban J connectivity index is 3.63. The molecular formula is C15H27NO5SSi. The molecule has 0 atom stereocenters. The van der Waals surface area contributed by atoms with E-state index in [0.29, 0.717) is 37.0 Å². The van der Waals surface area contributed by atoms with Crippen molar-refractivity contribution < 1.29 is 21.7 Å². The number of hydrogen-bond donors (Lipinski definition) is 1. The molecule has 0 saturated carbocycles. The predicted octanol–water partition coefficient (Wildman–Crippen LogP) is 1.54. The van der Waals surface area contributed by atoms with Crippen LogP contribution in [0.15, 0.2) is 23.1 Å². The molecule has 8 heteroatoms. The lowest BCUT2D eigenvalue weighted by Gasteiger charge is -2.30. The lowest BCUT2D eigenvalue weighted by atomic mass is 10.1. The van der Waals surface area contributed by atoms with Crippen LogP contribution in [0.5, 0.6) is 0 Å². The second-order valence-corrected chi connectivity index (χ2v) is 8.98. The highest BCUT2D eigenvalue weighted by atomic mass is 32.2. The minimum absolute atomic E-state index is 0.118. The van der Waals surface area contributed by atoms with Gasteiger partial charge in [0.05, 0.1) is 4.90 Å².